The lowest BCUT2D eigenvalue weighted by molar-refractivity contribution is 0.177. The first-order valence-electron chi connectivity index (χ1n) is 4.05. The Morgan fingerprint density at radius 3 is 2.60 bits per heavy atom. The van der Waals surface area contributed by atoms with Gasteiger partial charge in [0, 0.05) is 13.6 Å². The molecule has 86 valence electrons. The van der Waals surface area contributed by atoms with Crippen molar-refractivity contribution < 1.29 is 17.9 Å². The maximum Gasteiger partial charge on any atom is 0.421 e. The maximum absolute atomic E-state index is 11.4. The summed E-state index contributed by atoms with van der Waals surface area (Å²) in [6.07, 6.45) is -1.06. The standard InChI is InChI=1S/C7H13N3O4S/c1-6(4-8)5-10(2)15(12,13)9-7(11)14-3/h6H,5H2,1-3H3,(H,9,11). The lowest BCUT2D eigenvalue weighted by Crippen LogP contribution is -2.42. The zero-order valence-corrected chi connectivity index (χ0v) is 9.54. The molecule has 1 atom stereocenters. The minimum atomic E-state index is -3.92. The second-order valence-electron chi connectivity index (χ2n) is 2.91. The Bertz CT molecular complexity index is 359. The van der Waals surface area contributed by atoms with Gasteiger partial charge in [0.1, 0.15) is 0 Å². The maximum atomic E-state index is 11.4. The van der Waals surface area contributed by atoms with Gasteiger partial charge in [-0.3, -0.25) is 0 Å². The molecule has 0 bridgehead atoms. The molecule has 1 amide bonds. The van der Waals surface area contributed by atoms with Crippen molar-refractivity contribution >= 4 is 16.3 Å². The normalized spacial score (nSPS) is 13.0. The number of nitriles is 1. The number of nitrogens with one attached hydrogen (secondary N) is 1. The third-order valence-electron chi connectivity index (χ3n) is 1.56. The third-order valence-corrected chi connectivity index (χ3v) is 2.95. The van der Waals surface area contributed by atoms with Crippen LogP contribution >= 0.6 is 0 Å². The van der Waals surface area contributed by atoms with Crippen molar-refractivity contribution in [1.82, 2.24) is 9.03 Å². The second-order valence-corrected chi connectivity index (χ2v) is 4.69. The second kappa shape index (κ2) is 5.53. The van der Waals surface area contributed by atoms with Crippen LogP contribution in [0.25, 0.3) is 0 Å². The van der Waals surface area contributed by atoms with E-state index in [1.807, 2.05) is 6.07 Å². The van der Waals surface area contributed by atoms with Gasteiger partial charge in [0.25, 0.3) is 0 Å². The van der Waals surface area contributed by atoms with E-state index in [9.17, 15) is 13.2 Å². The molecule has 0 heterocycles. The van der Waals surface area contributed by atoms with Gasteiger partial charge < -0.3 is 4.74 Å². The highest BCUT2D eigenvalue weighted by Gasteiger charge is 2.22. The summed E-state index contributed by atoms with van der Waals surface area (Å²) in [6, 6.07) is 1.89. The van der Waals surface area contributed by atoms with Crippen molar-refractivity contribution in [2.24, 2.45) is 5.92 Å². The van der Waals surface area contributed by atoms with E-state index >= 15 is 0 Å². The smallest absolute Gasteiger partial charge is 0.421 e. The average molecular weight is 235 g/mol. The molecule has 1 N–H and O–H groups in total. The van der Waals surface area contributed by atoms with Gasteiger partial charge in [-0.15, -0.1) is 0 Å². The molecule has 0 rings (SSSR count). The number of carbonyl (C=O) groups is 1. The number of hydrogen-bond acceptors (Lipinski definition) is 5. The molecule has 0 radical (unpaired) electrons. The fourth-order valence-corrected chi connectivity index (χ4v) is 1.62. The van der Waals surface area contributed by atoms with Crippen LogP contribution in [0.15, 0.2) is 0 Å². The SMILES string of the molecule is COC(=O)NS(=O)(=O)N(C)CC(C)C#N. The lowest BCUT2D eigenvalue weighted by atomic mass is 10.2. The van der Waals surface area contributed by atoms with E-state index in [0.29, 0.717) is 0 Å². The van der Waals surface area contributed by atoms with Crippen LogP contribution in [-0.4, -0.2) is 39.5 Å². The highest BCUT2D eigenvalue weighted by atomic mass is 32.2. The monoisotopic (exact) mass is 235 g/mol. The van der Waals surface area contributed by atoms with E-state index in [4.69, 9.17) is 5.26 Å². The molecule has 0 spiro atoms. The van der Waals surface area contributed by atoms with Crippen molar-refractivity contribution in [2.75, 3.05) is 20.7 Å². The van der Waals surface area contributed by atoms with E-state index in [1.54, 1.807) is 11.6 Å². The Kier molecular flexibility index (Phi) is 5.04. The van der Waals surface area contributed by atoms with Crippen LogP contribution < -0.4 is 4.72 Å². The Labute approximate surface area is 88.8 Å². The van der Waals surface area contributed by atoms with Gasteiger partial charge >= 0.3 is 16.3 Å². The summed E-state index contributed by atoms with van der Waals surface area (Å²) < 4.78 is 29.4. The summed E-state index contributed by atoms with van der Waals surface area (Å²) in [5, 5.41) is 8.49. The molecule has 7 nitrogen and oxygen atoms in total. The summed E-state index contributed by atoms with van der Waals surface area (Å²) >= 11 is 0. The van der Waals surface area contributed by atoms with Crippen molar-refractivity contribution in [3.8, 4) is 6.07 Å². The first-order chi connectivity index (χ1) is 6.83. The van der Waals surface area contributed by atoms with Crippen molar-refractivity contribution in [3.63, 3.8) is 0 Å². The Morgan fingerprint density at radius 1 is 1.67 bits per heavy atom. The largest absolute Gasteiger partial charge is 0.452 e. The van der Waals surface area contributed by atoms with Crippen LogP contribution in [0.4, 0.5) is 4.79 Å². The van der Waals surface area contributed by atoms with Gasteiger partial charge in [0.15, 0.2) is 0 Å². The topological polar surface area (TPSA) is 99.5 Å². The van der Waals surface area contributed by atoms with Crippen LogP contribution in [0.3, 0.4) is 0 Å². The van der Waals surface area contributed by atoms with Gasteiger partial charge in [0.05, 0.1) is 19.1 Å². The third kappa shape index (κ3) is 4.62. The first-order valence-corrected chi connectivity index (χ1v) is 5.49. The van der Waals surface area contributed by atoms with E-state index < -0.39 is 22.2 Å². The van der Waals surface area contributed by atoms with Crippen LogP contribution in [0, 0.1) is 17.2 Å². The Morgan fingerprint density at radius 2 is 2.20 bits per heavy atom. The molecule has 0 aliphatic heterocycles. The summed E-state index contributed by atoms with van der Waals surface area (Å²) in [7, 11) is -1.60. The Balaban J connectivity index is 4.48. The molecule has 0 aliphatic carbocycles. The van der Waals surface area contributed by atoms with E-state index in [1.165, 1.54) is 7.05 Å². The summed E-state index contributed by atoms with van der Waals surface area (Å²) in [5.41, 5.74) is 0. The number of methoxy groups -OCH3 is 1. The zero-order valence-electron chi connectivity index (χ0n) is 8.72. The number of hydrogen-bond donors (Lipinski definition) is 1. The predicted octanol–water partition coefficient (Wildman–Crippen LogP) is -0.321. The number of amides is 1. The van der Waals surface area contributed by atoms with Gasteiger partial charge in [-0.2, -0.15) is 18.0 Å². The number of carbonyl (C=O) groups excluding carboxylic acids is 1. The summed E-state index contributed by atoms with van der Waals surface area (Å²) in [6.45, 7) is 1.58. The fraction of sp³-hybridized carbons (Fsp3) is 0.714. The van der Waals surface area contributed by atoms with Gasteiger partial charge in [-0.1, -0.05) is 0 Å². The molecule has 0 aliphatic rings. The molecule has 0 aromatic heterocycles. The average Bonchev–Trinajstić information content (AvgIpc) is 2.16. The first kappa shape index (κ1) is 13.7. The fourth-order valence-electron chi connectivity index (χ4n) is 0.750. The van der Waals surface area contributed by atoms with Crippen LogP contribution in [0.2, 0.25) is 0 Å². The molecule has 1 unspecified atom stereocenters. The van der Waals surface area contributed by atoms with Crippen LogP contribution in [0.1, 0.15) is 6.92 Å². The predicted molar refractivity (Wildman–Crippen MR) is 51.9 cm³/mol. The molecular formula is C7H13N3O4S. The molecule has 0 saturated heterocycles. The summed E-state index contributed by atoms with van der Waals surface area (Å²) in [4.78, 5) is 10.7. The number of rotatable bonds is 4. The van der Waals surface area contributed by atoms with Crippen molar-refractivity contribution in [3.05, 3.63) is 0 Å². The molecule has 0 aromatic rings. The van der Waals surface area contributed by atoms with E-state index in [2.05, 4.69) is 4.74 Å². The Hall–Kier alpha value is -1.33. The zero-order chi connectivity index (χ0) is 12.1. The molecule has 0 aromatic carbocycles. The number of ether oxygens (including phenoxy) is 1. The molecule has 15 heavy (non-hydrogen) atoms. The quantitative estimate of drug-likeness (QED) is 0.719. The minimum absolute atomic E-state index is 0.00281. The van der Waals surface area contributed by atoms with Crippen molar-refractivity contribution in [1.29, 1.82) is 5.26 Å². The lowest BCUT2D eigenvalue weighted by Gasteiger charge is -2.17. The molecular weight excluding hydrogens is 222 g/mol. The van der Waals surface area contributed by atoms with Crippen LogP contribution in [0.5, 0.6) is 0 Å². The van der Waals surface area contributed by atoms with Crippen LogP contribution in [-0.2, 0) is 14.9 Å². The molecule has 0 fully saturated rings. The number of nitrogens with zero attached hydrogens (tertiary/aromatic N) is 2. The highest BCUT2D eigenvalue weighted by Crippen LogP contribution is 2.00. The highest BCUT2D eigenvalue weighted by molar-refractivity contribution is 7.87. The van der Waals surface area contributed by atoms with Gasteiger partial charge in [-0.25, -0.2) is 9.52 Å². The minimum Gasteiger partial charge on any atom is -0.452 e. The van der Waals surface area contributed by atoms with Gasteiger partial charge in [0.2, 0.25) is 0 Å². The van der Waals surface area contributed by atoms with E-state index in [-0.39, 0.29) is 6.54 Å². The van der Waals surface area contributed by atoms with Gasteiger partial charge in [-0.05, 0) is 6.92 Å². The van der Waals surface area contributed by atoms with E-state index in [0.717, 1.165) is 11.4 Å². The summed E-state index contributed by atoms with van der Waals surface area (Å²) in [5.74, 6) is -0.454. The molecule has 0 saturated carbocycles. The van der Waals surface area contributed by atoms with Crippen molar-refractivity contribution in [2.45, 2.75) is 6.92 Å². The molecule has 8 heteroatoms.